The van der Waals surface area contributed by atoms with Gasteiger partial charge in [0.2, 0.25) is 0 Å². The van der Waals surface area contributed by atoms with Crippen LogP contribution in [0.5, 0.6) is 0 Å². The highest BCUT2D eigenvalue weighted by Crippen LogP contribution is 2.37. The number of azo groups is 1. The molecule has 27 heavy (non-hydrogen) atoms. The summed E-state index contributed by atoms with van der Waals surface area (Å²) >= 11 is 18.0. The third-order valence-corrected chi connectivity index (χ3v) is 4.27. The molecule has 134 valence electrons. The zero-order valence-corrected chi connectivity index (χ0v) is 15.7. The Morgan fingerprint density at radius 3 is 2.30 bits per heavy atom. The zero-order valence-electron chi connectivity index (χ0n) is 13.4. The smallest absolute Gasteiger partial charge is 0.253 e. The minimum Gasteiger partial charge on any atom is -0.338 e. The maximum atomic E-state index is 12.1. The fraction of sp³-hybridized carbons (Fsp3) is 0. The predicted octanol–water partition coefficient (Wildman–Crippen LogP) is 7.51. The summed E-state index contributed by atoms with van der Waals surface area (Å²) in [7, 11) is 0. The monoisotopic (exact) mass is 418 g/mol. The van der Waals surface area contributed by atoms with Gasteiger partial charge in [0.25, 0.3) is 5.91 Å². The van der Waals surface area contributed by atoms with Crippen molar-refractivity contribution in [2.24, 2.45) is 15.3 Å². The van der Waals surface area contributed by atoms with E-state index in [1.807, 2.05) is 30.3 Å². The van der Waals surface area contributed by atoms with Gasteiger partial charge in [0.15, 0.2) is 5.82 Å². The van der Waals surface area contributed by atoms with Crippen LogP contribution in [0.25, 0.3) is 21.7 Å². The number of nitrogens with one attached hydrogen (secondary N) is 1. The molecule has 3 aromatic rings. The highest BCUT2D eigenvalue weighted by molar-refractivity contribution is 6.41. The second-order valence-electron chi connectivity index (χ2n) is 5.22. The number of amides is 1. The number of aromatic amines is 1. The number of benzene rings is 2. The topological polar surface area (TPSA) is 106 Å². The molecule has 0 saturated heterocycles. The Kier molecular flexibility index (Phi) is 5.78. The van der Waals surface area contributed by atoms with Crippen molar-refractivity contribution >= 4 is 52.2 Å². The summed E-state index contributed by atoms with van der Waals surface area (Å²) in [6.45, 7) is 0. The Morgan fingerprint density at radius 2 is 1.67 bits per heavy atom. The lowest BCUT2D eigenvalue weighted by Crippen LogP contribution is -1.90. The fourth-order valence-electron chi connectivity index (χ4n) is 2.28. The maximum absolute atomic E-state index is 12.1. The first-order valence-electron chi connectivity index (χ1n) is 7.43. The van der Waals surface area contributed by atoms with Gasteiger partial charge in [0.05, 0.1) is 15.6 Å². The van der Waals surface area contributed by atoms with E-state index < -0.39 is 5.91 Å². The third kappa shape index (κ3) is 4.30. The van der Waals surface area contributed by atoms with Crippen LogP contribution in [-0.2, 0) is 0 Å². The number of carbonyl (C=O) groups excluding carboxylic acids is 1. The first-order chi connectivity index (χ1) is 13.0. The van der Waals surface area contributed by atoms with Gasteiger partial charge in [-0.3, -0.25) is 4.79 Å². The summed E-state index contributed by atoms with van der Waals surface area (Å²) in [5.41, 5.74) is 10.2. The molecular formula is C17H9Cl3N6O. The number of carbonyl (C=O) groups is 1. The number of H-pyrrole nitrogens is 1. The molecule has 0 aliphatic heterocycles. The van der Waals surface area contributed by atoms with E-state index in [4.69, 9.17) is 40.3 Å². The van der Waals surface area contributed by atoms with Gasteiger partial charge in [-0.2, -0.15) is 0 Å². The molecule has 10 heteroatoms. The number of nitrogens with zero attached hydrogens (tertiary/aromatic N) is 5. The van der Waals surface area contributed by atoms with Gasteiger partial charge in [-0.15, -0.1) is 10.2 Å². The highest BCUT2D eigenvalue weighted by Gasteiger charge is 2.16. The van der Waals surface area contributed by atoms with Crippen molar-refractivity contribution in [3.8, 4) is 11.3 Å². The van der Waals surface area contributed by atoms with Crippen molar-refractivity contribution in [2.45, 2.75) is 0 Å². The van der Waals surface area contributed by atoms with Gasteiger partial charge in [-0.05, 0) is 34.4 Å². The Balaban J connectivity index is 2.07. The molecule has 0 bridgehead atoms. The lowest BCUT2D eigenvalue weighted by Gasteiger charge is -2.01. The summed E-state index contributed by atoms with van der Waals surface area (Å²) in [6.07, 6.45) is 0. The lowest BCUT2D eigenvalue weighted by molar-refractivity contribution is 0.100. The molecule has 1 heterocycles. The number of aromatic nitrogens is 1. The van der Waals surface area contributed by atoms with Crippen molar-refractivity contribution in [1.29, 1.82) is 0 Å². The third-order valence-electron chi connectivity index (χ3n) is 3.48. The predicted molar refractivity (Wildman–Crippen MR) is 105 cm³/mol. The quantitative estimate of drug-likeness (QED) is 0.263. The van der Waals surface area contributed by atoms with E-state index in [0.29, 0.717) is 10.7 Å². The minimum absolute atomic E-state index is 0.0663. The van der Waals surface area contributed by atoms with Gasteiger partial charge in [-0.1, -0.05) is 65.1 Å². The largest absolute Gasteiger partial charge is 0.338 e. The van der Waals surface area contributed by atoms with Crippen molar-refractivity contribution < 1.29 is 4.79 Å². The molecule has 1 aromatic heterocycles. The summed E-state index contributed by atoms with van der Waals surface area (Å²) < 4.78 is 0. The summed E-state index contributed by atoms with van der Waals surface area (Å²) in [6, 6.07) is 13.7. The normalized spacial score (nSPS) is 10.8. The van der Waals surface area contributed by atoms with Gasteiger partial charge < -0.3 is 4.98 Å². The van der Waals surface area contributed by atoms with Crippen LogP contribution in [0.3, 0.4) is 0 Å². The van der Waals surface area contributed by atoms with Crippen LogP contribution in [0.1, 0.15) is 10.4 Å². The van der Waals surface area contributed by atoms with E-state index in [1.165, 1.54) is 18.2 Å². The molecule has 0 aliphatic rings. The second-order valence-corrected chi connectivity index (χ2v) is 6.47. The summed E-state index contributed by atoms with van der Waals surface area (Å²) in [5.74, 6) is -0.688. The van der Waals surface area contributed by atoms with E-state index in [2.05, 4.69) is 25.2 Å². The van der Waals surface area contributed by atoms with Crippen LogP contribution in [-0.4, -0.2) is 10.9 Å². The molecule has 0 saturated carbocycles. The summed E-state index contributed by atoms with van der Waals surface area (Å²) in [4.78, 5) is 17.6. The molecule has 1 N–H and O–H groups in total. The van der Waals surface area contributed by atoms with Crippen molar-refractivity contribution in [2.75, 3.05) is 0 Å². The Labute approximate surface area is 168 Å². The van der Waals surface area contributed by atoms with Gasteiger partial charge in [0.1, 0.15) is 5.69 Å². The molecule has 1 amide bonds. The van der Waals surface area contributed by atoms with Crippen molar-refractivity contribution in [3.05, 3.63) is 79.6 Å². The SMILES string of the molecule is [N-]=[N+]=NC(=O)c1cc(-c2ccccc2)[nH]c1N=Nc1c(Cl)cc(Cl)cc1Cl. The number of rotatable bonds is 4. The molecule has 3 rings (SSSR count). The first kappa shape index (κ1) is 18.9. The van der Waals surface area contributed by atoms with E-state index in [0.717, 1.165) is 5.56 Å². The van der Waals surface area contributed by atoms with E-state index in [1.54, 1.807) is 0 Å². The lowest BCUT2D eigenvalue weighted by atomic mass is 10.1. The Hall–Kier alpha value is -2.83. The molecular weight excluding hydrogens is 411 g/mol. The van der Waals surface area contributed by atoms with E-state index >= 15 is 0 Å². The molecule has 0 radical (unpaired) electrons. The number of azide groups is 1. The molecule has 7 nitrogen and oxygen atoms in total. The van der Waals surface area contributed by atoms with Gasteiger partial charge >= 0.3 is 0 Å². The second kappa shape index (κ2) is 8.24. The maximum Gasteiger partial charge on any atom is 0.253 e. The summed E-state index contributed by atoms with van der Waals surface area (Å²) in [5, 5.41) is 11.9. The molecule has 0 atom stereocenters. The fourth-order valence-corrected chi connectivity index (χ4v) is 3.18. The van der Waals surface area contributed by atoms with Gasteiger partial charge in [-0.25, -0.2) is 0 Å². The number of hydrogen-bond acceptors (Lipinski definition) is 3. The van der Waals surface area contributed by atoms with Crippen molar-refractivity contribution in [3.63, 3.8) is 0 Å². The van der Waals surface area contributed by atoms with Gasteiger partial charge in [0, 0.05) is 15.6 Å². The van der Waals surface area contributed by atoms with Crippen LogP contribution in [0.2, 0.25) is 15.1 Å². The van der Waals surface area contributed by atoms with E-state index in [-0.39, 0.29) is 27.1 Å². The Bertz CT molecular complexity index is 1060. The molecule has 0 spiro atoms. The first-order valence-corrected chi connectivity index (χ1v) is 8.57. The molecule has 0 unspecified atom stereocenters. The van der Waals surface area contributed by atoms with Crippen molar-refractivity contribution in [1.82, 2.24) is 4.98 Å². The highest BCUT2D eigenvalue weighted by atomic mass is 35.5. The average Bonchev–Trinajstić information content (AvgIpc) is 3.06. The number of hydrogen-bond donors (Lipinski definition) is 1. The van der Waals surface area contributed by atoms with Crippen LogP contribution >= 0.6 is 34.8 Å². The number of halogens is 3. The Morgan fingerprint density at radius 1 is 1.00 bits per heavy atom. The average molecular weight is 420 g/mol. The van der Waals surface area contributed by atoms with Crippen LogP contribution in [0, 0.1) is 0 Å². The molecule has 0 fully saturated rings. The molecule has 0 aliphatic carbocycles. The van der Waals surface area contributed by atoms with Crippen LogP contribution in [0.4, 0.5) is 11.5 Å². The zero-order chi connectivity index (χ0) is 19.4. The van der Waals surface area contributed by atoms with E-state index in [9.17, 15) is 4.79 Å². The standard InChI is InChI=1S/C17H9Cl3N6O/c18-10-6-12(19)15(13(20)7-10)23-24-16-11(17(27)25-26-21)8-14(22-16)9-4-2-1-3-5-9/h1-8,22H. The van der Waals surface area contributed by atoms with Crippen LogP contribution in [0.15, 0.2) is 63.9 Å². The minimum atomic E-state index is -0.793. The molecule has 2 aromatic carbocycles. The van der Waals surface area contributed by atoms with Crippen LogP contribution < -0.4 is 0 Å².